The third-order valence-corrected chi connectivity index (χ3v) is 0. The van der Waals surface area contributed by atoms with Crippen LogP contribution < -0.4 is 12.3 Å². The van der Waals surface area contributed by atoms with E-state index in [4.69, 9.17) is 61.3 Å². The fourth-order valence-electron chi connectivity index (χ4n) is 0. The molecule has 0 aliphatic carbocycles. The number of hydrogen-bond acceptors (Lipinski definition) is 12. The van der Waals surface area contributed by atoms with Gasteiger partial charge in [0, 0.05) is 0 Å². The maximum atomic E-state index is 8.25. The number of hydrogen-bond donors (Lipinski definition) is 2. The fraction of sp³-hybridized carbons (Fsp3) is 0. The molecule has 0 amide bonds. The van der Waals surface area contributed by atoms with Crippen molar-refractivity contribution < 1.29 is 25.8 Å². The SMILES string of the molecule is O.O=[N+]([O-])[O-].O=[N+]([O-])[O-].O=[N+]([O-])[O-].O=[N+]([O-])[O-].[Ca+2].[NH4+].[NH4+]. The molecule has 0 aliphatic heterocycles. The second-order valence-electron chi connectivity index (χ2n) is 0.894. The fourth-order valence-corrected chi connectivity index (χ4v) is 0. The second-order valence-corrected chi connectivity index (χ2v) is 0.894. The third-order valence-electron chi connectivity index (χ3n) is 0. The van der Waals surface area contributed by atoms with Gasteiger partial charge >= 0.3 is 37.7 Å². The van der Waals surface area contributed by atoms with Crippen LogP contribution in [-0.4, -0.2) is 63.6 Å². The van der Waals surface area contributed by atoms with E-state index in [0.717, 1.165) is 0 Å². The van der Waals surface area contributed by atoms with E-state index in [1.807, 2.05) is 0 Å². The van der Waals surface area contributed by atoms with Gasteiger partial charge < -0.3 is 79.1 Å². The third kappa shape index (κ3) is 838. The molecule has 0 saturated heterocycles. The van der Waals surface area contributed by atoms with Crippen molar-refractivity contribution in [2.45, 2.75) is 0 Å². The molecule has 0 unspecified atom stereocenters. The van der Waals surface area contributed by atoms with E-state index in [-0.39, 0.29) is 55.5 Å². The molecule has 19 nitrogen and oxygen atoms in total. The van der Waals surface area contributed by atoms with Gasteiger partial charge in [0.1, 0.15) is 0 Å². The predicted molar refractivity (Wildman–Crippen MR) is 62.8 cm³/mol. The van der Waals surface area contributed by atoms with Crippen LogP contribution in [0.1, 0.15) is 0 Å². The molecular formula is H10CaN6O13. The largest absolute Gasteiger partial charge is 2.00 e. The van der Waals surface area contributed by atoms with Crippen LogP contribution in [0.4, 0.5) is 0 Å². The Morgan fingerprint density at radius 2 is 0.450 bits per heavy atom. The van der Waals surface area contributed by atoms with Crippen molar-refractivity contribution in [3.8, 4) is 0 Å². The molecule has 0 aliphatic rings. The summed E-state index contributed by atoms with van der Waals surface area (Å²) in [6.07, 6.45) is 0. The molecule has 0 saturated carbocycles. The Balaban J connectivity index is -0.0000000150. The van der Waals surface area contributed by atoms with Gasteiger partial charge in [0.2, 0.25) is 0 Å². The van der Waals surface area contributed by atoms with Gasteiger partial charge in [0.05, 0.1) is 20.3 Å². The molecule has 20 heteroatoms. The van der Waals surface area contributed by atoms with Crippen LogP contribution in [0.2, 0.25) is 0 Å². The van der Waals surface area contributed by atoms with Gasteiger partial charge in [-0.3, -0.25) is 0 Å². The molecule has 0 heterocycles. The Morgan fingerprint density at radius 1 is 0.450 bits per heavy atom. The standard InChI is InChI=1S/Ca.4NO3.2H3N.H2O/c;4*2-1(3)4;;;/h;;;;;2*1H3;1H2/q+2;4*-1;;;/p+2. The van der Waals surface area contributed by atoms with Crippen LogP contribution in [0.5, 0.6) is 0 Å². The van der Waals surface area contributed by atoms with Crippen molar-refractivity contribution >= 4 is 37.7 Å². The summed E-state index contributed by atoms with van der Waals surface area (Å²) in [7, 11) is 0. The number of rotatable bonds is 0. The van der Waals surface area contributed by atoms with E-state index >= 15 is 0 Å². The summed E-state index contributed by atoms with van der Waals surface area (Å²) in [6, 6.07) is 0. The van der Waals surface area contributed by atoms with Crippen molar-refractivity contribution in [1.29, 1.82) is 0 Å². The first-order valence-electron chi connectivity index (χ1n) is 2.19. The molecule has 0 aromatic carbocycles. The van der Waals surface area contributed by atoms with E-state index in [1.54, 1.807) is 0 Å². The Labute approximate surface area is 137 Å². The van der Waals surface area contributed by atoms with E-state index in [1.165, 1.54) is 0 Å². The molecule has 120 valence electrons. The van der Waals surface area contributed by atoms with Crippen molar-refractivity contribution in [2.75, 3.05) is 0 Å². The summed E-state index contributed by atoms with van der Waals surface area (Å²) >= 11 is 0. The zero-order valence-electron chi connectivity index (χ0n) is 9.89. The van der Waals surface area contributed by atoms with Crippen molar-refractivity contribution in [3.63, 3.8) is 0 Å². The van der Waals surface area contributed by atoms with Crippen LogP contribution in [0.3, 0.4) is 0 Å². The van der Waals surface area contributed by atoms with Gasteiger partial charge in [-0.1, -0.05) is 0 Å². The maximum absolute atomic E-state index is 8.25. The summed E-state index contributed by atoms with van der Waals surface area (Å²) < 4.78 is 0. The van der Waals surface area contributed by atoms with Crippen LogP contribution in [-0.2, 0) is 0 Å². The number of nitrogens with zero attached hydrogens (tertiary/aromatic N) is 4. The van der Waals surface area contributed by atoms with Crippen molar-refractivity contribution in [3.05, 3.63) is 61.3 Å². The molecule has 0 aromatic heterocycles. The molecule has 0 fully saturated rings. The zero-order chi connectivity index (χ0) is 14.3. The summed E-state index contributed by atoms with van der Waals surface area (Å²) in [4.78, 5) is 33.0. The minimum absolute atomic E-state index is 0. The summed E-state index contributed by atoms with van der Waals surface area (Å²) in [5, 5.41) is 59.0. The van der Waals surface area contributed by atoms with E-state index in [9.17, 15) is 0 Å². The molecule has 0 spiro atoms. The average Bonchev–Trinajstić information content (AvgIpc) is 1.76. The smallest absolute Gasteiger partial charge is 0.412 e. The van der Waals surface area contributed by atoms with Gasteiger partial charge in [-0.05, 0) is 0 Å². The molecular weight excluding hydrogens is 332 g/mol. The Bertz CT molecular complexity index is 163. The van der Waals surface area contributed by atoms with Crippen LogP contribution >= 0.6 is 0 Å². The Morgan fingerprint density at radius 3 is 0.450 bits per heavy atom. The Hall–Kier alpha value is -2.06. The van der Waals surface area contributed by atoms with Gasteiger partial charge in [0.15, 0.2) is 0 Å². The van der Waals surface area contributed by atoms with Crippen LogP contribution in [0.25, 0.3) is 0 Å². The first-order chi connectivity index (χ1) is 6.93. The Kier molecular flexibility index (Phi) is 113. The second kappa shape index (κ2) is 43.6. The van der Waals surface area contributed by atoms with Gasteiger partial charge in [-0.15, -0.1) is 0 Å². The van der Waals surface area contributed by atoms with Crippen molar-refractivity contribution in [1.82, 2.24) is 12.3 Å². The average molecular weight is 342 g/mol. The van der Waals surface area contributed by atoms with Crippen molar-refractivity contribution in [2.24, 2.45) is 0 Å². The summed E-state index contributed by atoms with van der Waals surface area (Å²) in [5.41, 5.74) is 0. The minimum Gasteiger partial charge on any atom is -0.412 e. The molecule has 0 atom stereocenters. The quantitative estimate of drug-likeness (QED) is 0.291. The van der Waals surface area contributed by atoms with Crippen LogP contribution in [0.15, 0.2) is 0 Å². The normalized spacial score (nSPS) is 4.80. The van der Waals surface area contributed by atoms with Gasteiger partial charge in [-0.25, -0.2) is 0 Å². The molecule has 0 rings (SSSR count). The topological polar surface area (TPSA) is 369 Å². The molecule has 0 radical (unpaired) electrons. The maximum Gasteiger partial charge on any atom is 2.00 e. The minimum atomic E-state index is -1.75. The number of quaternary nitrogens is 2. The summed E-state index contributed by atoms with van der Waals surface area (Å²) in [6.45, 7) is 0. The molecule has 20 heavy (non-hydrogen) atoms. The van der Waals surface area contributed by atoms with E-state index in [2.05, 4.69) is 0 Å². The van der Waals surface area contributed by atoms with Gasteiger partial charge in [-0.2, -0.15) is 0 Å². The molecule has 0 aromatic rings. The van der Waals surface area contributed by atoms with Gasteiger partial charge in [0.25, 0.3) is 0 Å². The predicted octanol–water partition coefficient (Wildman–Crippen LogP) is -1.41. The van der Waals surface area contributed by atoms with E-state index in [0.29, 0.717) is 0 Å². The van der Waals surface area contributed by atoms with E-state index < -0.39 is 20.3 Å². The molecule has 10 N–H and O–H groups in total. The van der Waals surface area contributed by atoms with Crippen LogP contribution in [0, 0.1) is 61.3 Å². The summed E-state index contributed by atoms with van der Waals surface area (Å²) in [5.74, 6) is 0. The zero-order valence-corrected chi connectivity index (χ0v) is 12.1. The first kappa shape index (κ1) is 52.1. The molecule has 0 bridgehead atoms. The monoisotopic (exact) mass is 342 g/mol. The first-order valence-corrected chi connectivity index (χ1v) is 2.19.